The molecule has 0 unspecified atom stereocenters. The number of aromatic nitrogens is 3. The van der Waals surface area contributed by atoms with Crippen LogP contribution in [0, 0.1) is 0 Å². The summed E-state index contributed by atoms with van der Waals surface area (Å²) in [6.07, 6.45) is -4.53. The van der Waals surface area contributed by atoms with E-state index in [1.54, 1.807) is 54.7 Å². The molecule has 3 N–H and O–H groups in total. The van der Waals surface area contributed by atoms with Gasteiger partial charge in [-0.3, -0.25) is 9.59 Å². The number of nitrogens with one attached hydrogen (secondary N) is 3. The first kappa shape index (κ1) is 27.4. The van der Waals surface area contributed by atoms with E-state index < -0.39 is 24.0 Å². The molecule has 2 aromatic heterocycles. The van der Waals surface area contributed by atoms with Crippen molar-refractivity contribution in [2.45, 2.75) is 38.9 Å². The Morgan fingerprint density at radius 1 is 1.00 bits per heavy atom. The highest BCUT2D eigenvalue weighted by Gasteiger charge is 2.31. The van der Waals surface area contributed by atoms with Crippen LogP contribution in [0.2, 0.25) is 0 Å². The number of benzene rings is 2. The molecule has 12 heteroatoms. The van der Waals surface area contributed by atoms with Crippen LogP contribution in [0.25, 0.3) is 16.8 Å². The Hall–Kier alpha value is -4.61. The van der Waals surface area contributed by atoms with E-state index >= 15 is 0 Å². The van der Waals surface area contributed by atoms with Gasteiger partial charge in [0, 0.05) is 34.1 Å². The third-order valence-electron chi connectivity index (χ3n) is 5.40. The number of amides is 2. The predicted octanol–water partition coefficient (Wildman–Crippen LogP) is 5.57. The van der Waals surface area contributed by atoms with Gasteiger partial charge in [0.05, 0.1) is 12.8 Å². The topological polar surface area (TPSA) is 110 Å². The fourth-order valence-electron chi connectivity index (χ4n) is 3.78. The van der Waals surface area contributed by atoms with Gasteiger partial charge in [-0.25, -0.2) is 4.52 Å². The third-order valence-corrected chi connectivity index (χ3v) is 5.40. The van der Waals surface area contributed by atoms with Gasteiger partial charge >= 0.3 is 6.18 Å². The van der Waals surface area contributed by atoms with Gasteiger partial charge in [-0.05, 0) is 57.2 Å². The first-order valence-electron chi connectivity index (χ1n) is 11.9. The zero-order chi connectivity index (χ0) is 28.4. The molecule has 0 atom stereocenters. The van der Waals surface area contributed by atoms with Crippen molar-refractivity contribution in [3.63, 3.8) is 0 Å². The summed E-state index contributed by atoms with van der Waals surface area (Å²) in [5.41, 5.74) is 2.44. The molecular formula is C27H27F3N6O3. The molecule has 4 aromatic rings. The maximum absolute atomic E-state index is 12.6. The van der Waals surface area contributed by atoms with Gasteiger partial charge in [-0.15, -0.1) is 5.10 Å². The largest absolute Gasteiger partial charge is 0.495 e. The van der Waals surface area contributed by atoms with Crippen LogP contribution in [0.1, 0.15) is 37.6 Å². The molecule has 39 heavy (non-hydrogen) atoms. The number of pyridine rings is 1. The Bertz CT molecular complexity index is 1530. The molecule has 204 valence electrons. The number of alkyl halides is 3. The molecule has 0 aliphatic rings. The minimum Gasteiger partial charge on any atom is -0.495 e. The zero-order valence-corrected chi connectivity index (χ0v) is 21.7. The van der Waals surface area contributed by atoms with Crippen LogP contribution in [0.3, 0.4) is 0 Å². The number of ether oxygens (including phenoxy) is 1. The van der Waals surface area contributed by atoms with Crippen LogP contribution in [0.5, 0.6) is 5.75 Å². The molecule has 0 saturated carbocycles. The summed E-state index contributed by atoms with van der Waals surface area (Å²) < 4.78 is 44.8. The van der Waals surface area contributed by atoms with E-state index in [2.05, 4.69) is 26.0 Å². The number of anilines is 3. The van der Waals surface area contributed by atoms with Gasteiger partial charge in [0.2, 0.25) is 11.9 Å². The highest BCUT2D eigenvalue weighted by Crippen LogP contribution is 2.31. The highest BCUT2D eigenvalue weighted by molar-refractivity contribution is 5.96. The van der Waals surface area contributed by atoms with Crippen LogP contribution < -0.4 is 20.7 Å². The summed E-state index contributed by atoms with van der Waals surface area (Å²) in [6, 6.07) is 14.9. The molecule has 0 radical (unpaired) electrons. The summed E-state index contributed by atoms with van der Waals surface area (Å²) in [7, 11) is 1.49. The lowest BCUT2D eigenvalue weighted by Crippen LogP contribution is -2.40. The van der Waals surface area contributed by atoms with E-state index in [1.165, 1.54) is 17.7 Å². The van der Waals surface area contributed by atoms with Gasteiger partial charge in [0.25, 0.3) is 5.91 Å². The maximum atomic E-state index is 12.6. The average molecular weight is 541 g/mol. The number of nitrogens with zero attached hydrogens (tertiary/aromatic N) is 3. The third kappa shape index (κ3) is 7.03. The first-order chi connectivity index (χ1) is 18.3. The maximum Gasteiger partial charge on any atom is 0.397 e. The number of carbonyl (C=O) groups excluding carboxylic acids is 2. The quantitative estimate of drug-likeness (QED) is 0.283. The van der Waals surface area contributed by atoms with E-state index in [0.717, 1.165) is 0 Å². The van der Waals surface area contributed by atoms with Crippen LogP contribution >= 0.6 is 0 Å². The second-order valence-electron chi connectivity index (χ2n) is 9.79. The Morgan fingerprint density at radius 3 is 2.44 bits per heavy atom. The highest BCUT2D eigenvalue weighted by atomic mass is 19.4. The number of fused-ring (bicyclic) bond motifs is 1. The van der Waals surface area contributed by atoms with Crippen LogP contribution in [-0.4, -0.2) is 45.2 Å². The molecule has 2 aromatic carbocycles. The summed E-state index contributed by atoms with van der Waals surface area (Å²) in [4.78, 5) is 28.8. The molecule has 0 bridgehead atoms. The Balaban J connectivity index is 1.57. The zero-order valence-electron chi connectivity index (χ0n) is 21.7. The molecule has 2 amide bonds. The molecule has 0 spiro atoms. The number of rotatable bonds is 7. The summed E-state index contributed by atoms with van der Waals surface area (Å²) in [5.74, 6) is -0.719. The lowest BCUT2D eigenvalue weighted by atomic mass is 10.1. The monoisotopic (exact) mass is 540 g/mol. The van der Waals surface area contributed by atoms with Crippen molar-refractivity contribution < 1.29 is 27.5 Å². The number of carbonyl (C=O) groups is 2. The summed E-state index contributed by atoms with van der Waals surface area (Å²) >= 11 is 0. The van der Waals surface area contributed by atoms with Gasteiger partial charge in [0.15, 0.2) is 5.65 Å². The number of para-hydroxylation sites is 1. The summed E-state index contributed by atoms with van der Waals surface area (Å²) in [6.45, 7) is 5.67. The van der Waals surface area contributed by atoms with E-state index in [-0.39, 0.29) is 17.5 Å². The van der Waals surface area contributed by atoms with Crippen molar-refractivity contribution in [3.8, 4) is 16.9 Å². The summed E-state index contributed by atoms with van der Waals surface area (Å²) in [5, 5.41) is 12.8. The van der Waals surface area contributed by atoms with Crippen molar-refractivity contribution in [1.29, 1.82) is 0 Å². The van der Waals surface area contributed by atoms with E-state index in [0.29, 0.717) is 33.8 Å². The van der Waals surface area contributed by atoms with Gasteiger partial charge in [0.1, 0.15) is 12.2 Å². The van der Waals surface area contributed by atoms with Crippen molar-refractivity contribution >= 4 is 34.8 Å². The number of halogens is 3. The van der Waals surface area contributed by atoms with Crippen molar-refractivity contribution in [3.05, 3.63) is 66.4 Å². The fraction of sp³-hybridized carbons (Fsp3) is 0.259. The lowest BCUT2D eigenvalue weighted by Gasteiger charge is -2.21. The number of methoxy groups -OCH3 is 1. The Kier molecular flexibility index (Phi) is 7.48. The molecule has 9 nitrogen and oxygen atoms in total. The second-order valence-corrected chi connectivity index (χ2v) is 9.79. The first-order valence-corrected chi connectivity index (χ1v) is 11.9. The lowest BCUT2D eigenvalue weighted by molar-refractivity contribution is -0.150. The van der Waals surface area contributed by atoms with E-state index in [4.69, 9.17) is 4.74 Å². The molecule has 4 rings (SSSR count). The predicted molar refractivity (Wildman–Crippen MR) is 141 cm³/mol. The molecule has 0 aliphatic carbocycles. The molecule has 0 aliphatic heterocycles. The molecule has 0 fully saturated rings. The SMILES string of the molecule is COc1cc(C(=O)NC(C)(C)C)ccc1Nc1nc2ccc(-c3ccccc3NC(=O)CC(F)(F)F)cn2n1. The van der Waals surface area contributed by atoms with Crippen molar-refractivity contribution in [1.82, 2.24) is 19.9 Å². The average Bonchev–Trinajstić information content (AvgIpc) is 3.24. The van der Waals surface area contributed by atoms with Crippen LogP contribution in [-0.2, 0) is 4.79 Å². The number of hydrogen-bond acceptors (Lipinski definition) is 6. The smallest absolute Gasteiger partial charge is 0.397 e. The van der Waals surface area contributed by atoms with Crippen molar-refractivity contribution in [2.24, 2.45) is 0 Å². The minimum absolute atomic E-state index is 0.236. The van der Waals surface area contributed by atoms with E-state index in [1.807, 2.05) is 20.8 Å². The molecule has 2 heterocycles. The second kappa shape index (κ2) is 10.6. The Labute approximate surface area is 222 Å². The van der Waals surface area contributed by atoms with Gasteiger partial charge in [-0.2, -0.15) is 18.2 Å². The van der Waals surface area contributed by atoms with Gasteiger partial charge in [-0.1, -0.05) is 18.2 Å². The van der Waals surface area contributed by atoms with Crippen molar-refractivity contribution in [2.75, 3.05) is 17.7 Å². The van der Waals surface area contributed by atoms with Gasteiger partial charge < -0.3 is 20.7 Å². The van der Waals surface area contributed by atoms with Crippen LogP contribution in [0.15, 0.2) is 60.8 Å². The number of hydrogen-bond donors (Lipinski definition) is 3. The van der Waals surface area contributed by atoms with E-state index in [9.17, 15) is 22.8 Å². The molecule has 0 saturated heterocycles. The fourth-order valence-corrected chi connectivity index (χ4v) is 3.78. The molecular weight excluding hydrogens is 513 g/mol. The normalized spacial score (nSPS) is 11.8. The Morgan fingerprint density at radius 2 is 1.74 bits per heavy atom. The minimum atomic E-state index is -4.61. The standard InChI is InChI=1S/C27H27F3N6O3/c1-26(2,3)34-24(38)16-9-11-20(21(13-16)39-4)32-25-33-22-12-10-17(15-36(22)35-25)18-7-5-6-8-19(18)31-23(37)14-27(28,29)30/h5-13,15H,14H2,1-4H3,(H,31,37)(H,32,35)(H,34,38). The van der Waals surface area contributed by atoms with Crippen LogP contribution in [0.4, 0.5) is 30.5 Å².